The summed E-state index contributed by atoms with van der Waals surface area (Å²) in [7, 11) is 0. The van der Waals surface area contributed by atoms with Crippen molar-refractivity contribution >= 4 is 5.91 Å². The molecule has 1 aromatic heterocycles. The number of carbonyl (C=O) groups excluding carboxylic acids is 1. The van der Waals surface area contributed by atoms with Gasteiger partial charge in [0, 0.05) is 13.0 Å². The van der Waals surface area contributed by atoms with Crippen molar-refractivity contribution < 1.29 is 14.3 Å². The van der Waals surface area contributed by atoms with E-state index in [-0.39, 0.29) is 12.0 Å². The van der Waals surface area contributed by atoms with Gasteiger partial charge in [0.05, 0.1) is 17.9 Å². The molecule has 2 rings (SSSR count). The number of furan rings is 1. The third-order valence-corrected chi connectivity index (χ3v) is 3.07. The van der Waals surface area contributed by atoms with Gasteiger partial charge in [-0.05, 0) is 24.8 Å². The van der Waals surface area contributed by atoms with E-state index in [9.17, 15) is 4.79 Å². The quantitative estimate of drug-likeness (QED) is 0.809. The first-order valence-corrected chi connectivity index (χ1v) is 5.73. The highest BCUT2D eigenvalue weighted by Crippen LogP contribution is 2.26. The zero-order valence-corrected chi connectivity index (χ0v) is 9.40. The number of carbonyl (C=O) groups is 1. The second-order valence-electron chi connectivity index (χ2n) is 4.31. The Hall–Kier alpha value is -1.29. The Morgan fingerprint density at radius 2 is 2.38 bits per heavy atom. The molecule has 1 aliphatic rings. The first kappa shape index (κ1) is 11.2. The van der Waals surface area contributed by atoms with Gasteiger partial charge in [0.25, 0.3) is 5.91 Å². The van der Waals surface area contributed by atoms with Crippen molar-refractivity contribution in [2.45, 2.75) is 32.3 Å². The van der Waals surface area contributed by atoms with Crippen molar-refractivity contribution in [1.82, 2.24) is 5.32 Å². The Morgan fingerprint density at radius 1 is 1.62 bits per heavy atom. The second kappa shape index (κ2) is 4.70. The molecule has 0 radical (unpaired) electrons. The van der Waals surface area contributed by atoms with Crippen LogP contribution in [0.1, 0.15) is 35.9 Å². The van der Waals surface area contributed by atoms with Crippen LogP contribution >= 0.6 is 0 Å². The van der Waals surface area contributed by atoms with E-state index in [4.69, 9.17) is 9.52 Å². The summed E-state index contributed by atoms with van der Waals surface area (Å²) in [5.74, 6) is 1.08. The van der Waals surface area contributed by atoms with Gasteiger partial charge in [-0.25, -0.2) is 0 Å². The summed E-state index contributed by atoms with van der Waals surface area (Å²) in [4.78, 5) is 11.8. The van der Waals surface area contributed by atoms with Crippen molar-refractivity contribution in [2.75, 3.05) is 6.54 Å². The summed E-state index contributed by atoms with van der Waals surface area (Å²) in [5.41, 5.74) is 0.627. The highest BCUT2D eigenvalue weighted by atomic mass is 16.3. The average Bonchev–Trinajstić information content (AvgIpc) is 2.70. The normalized spacial score (nSPS) is 23.9. The molecular formula is C12H17NO3. The maximum Gasteiger partial charge on any atom is 0.254 e. The largest absolute Gasteiger partial charge is 0.469 e. The van der Waals surface area contributed by atoms with Gasteiger partial charge in [0.1, 0.15) is 5.76 Å². The van der Waals surface area contributed by atoms with Crippen molar-refractivity contribution in [2.24, 2.45) is 5.92 Å². The number of nitrogens with one attached hydrogen (secondary N) is 1. The summed E-state index contributed by atoms with van der Waals surface area (Å²) >= 11 is 0. The molecule has 0 aliphatic heterocycles. The van der Waals surface area contributed by atoms with Gasteiger partial charge in [-0.1, -0.05) is 6.92 Å². The maximum atomic E-state index is 11.8. The van der Waals surface area contributed by atoms with Crippen molar-refractivity contribution in [3.05, 3.63) is 23.7 Å². The van der Waals surface area contributed by atoms with Crippen LogP contribution in [0.3, 0.4) is 0 Å². The Kier molecular flexibility index (Phi) is 3.29. The summed E-state index contributed by atoms with van der Waals surface area (Å²) in [6.07, 6.45) is 3.69. The molecule has 0 spiro atoms. The lowest BCUT2D eigenvalue weighted by Gasteiger charge is -2.31. The van der Waals surface area contributed by atoms with E-state index in [1.165, 1.54) is 0 Å². The molecule has 1 heterocycles. The highest BCUT2D eigenvalue weighted by Gasteiger charge is 2.27. The Labute approximate surface area is 94.6 Å². The lowest BCUT2D eigenvalue weighted by Crippen LogP contribution is -2.38. The van der Waals surface area contributed by atoms with Gasteiger partial charge in [-0.15, -0.1) is 0 Å². The van der Waals surface area contributed by atoms with Crippen LogP contribution in [0.4, 0.5) is 0 Å². The van der Waals surface area contributed by atoms with Crippen LogP contribution in [-0.4, -0.2) is 23.7 Å². The number of hydrogen-bond acceptors (Lipinski definition) is 3. The standard InChI is InChI=1S/C12H17NO3/c1-2-11-10(3-4-16-11)12(15)13-7-8-5-9(14)6-8/h3-4,8-9,14H,2,5-7H2,1H3,(H,13,15). The van der Waals surface area contributed by atoms with Crippen LogP contribution in [0.15, 0.2) is 16.7 Å². The average molecular weight is 223 g/mol. The molecule has 0 bridgehead atoms. The number of amides is 1. The van der Waals surface area contributed by atoms with E-state index >= 15 is 0 Å². The summed E-state index contributed by atoms with van der Waals surface area (Å²) in [5, 5.41) is 12.0. The Balaban J connectivity index is 1.84. The molecule has 0 atom stereocenters. The van der Waals surface area contributed by atoms with Crippen LogP contribution in [0.25, 0.3) is 0 Å². The zero-order valence-electron chi connectivity index (χ0n) is 9.40. The SMILES string of the molecule is CCc1occc1C(=O)NCC1CC(O)C1. The van der Waals surface area contributed by atoms with Gasteiger partial charge in [0.2, 0.25) is 0 Å². The minimum absolute atomic E-state index is 0.0769. The molecular weight excluding hydrogens is 206 g/mol. The third kappa shape index (κ3) is 2.27. The van der Waals surface area contributed by atoms with E-state index < -0.39 is 0 Å². The fourth-order valence-corrected chi connectivity index (χ4v) is 2.02. The summed E-state index contributed by atoms with van der Waals surface area (Å²) in [6.45, 7) is 2.60. The molecule has 16 heavy (non-hydrogen) atoms. The van der Waals surface area contributed by atoms with E-state index in [1.807, 2.05) is 6.92 Å². The van der Waals surface area contributed by atoms with Gasteiger partial charge in [-0.3, -0.25) is 4.79 Å². The molecule has 1 aliphatic carbocycles. The fraction of sp³-hybridized carbons (Fsp3) is 0.583. The Bertz CT molecular complexity index is 366. The second-order valence-corrected chi connectivity index (χ2v) is 4.31. The molecule has 4 heteroatoms. The van der Waals surface area contributed by atoms with Crippen LogP contribution < -0.4 is 5.32 Å². The Morgan fingerprint density at radius 3 is 3.00 bits per heavy atom. The number of aryl methyl sites for hydroxylation is 1. The molecule has 88 valence electrons. The van der Waals surface area contributed by atoms with Gasteiger partial charge >= 0.3 is 0 Å². The summed E-state index contributed by atoms with van der Waals surface area (Å²) < 4.78 is 5.20. The minimum Gasteiger partial charge on any atom is -0.469 e. The number of rotatable bonds is 4. The van der Waals surface area contributed by atoms with Gasteiger partial charge in [0.15, 0.2) is 0 Å². The van der Waals surface area contributed by atoms with Crippen molar-refractivity contribution in [3.8, 4) is 0 Å². The minimum atomic E-state index is -0.165. The molecule has 0 aromatic carbocycles. The van der Waals surface area contributed by atoms with Crippen LogP contribution in [-0.2, 0) is 6.42 Å². The molecule has 0 unspecified atom stereocenters. The monoisotopic (exact) mass is 223 g/mol. The first-order valence-electron chi connectivity index (χ1n) is 5.73. The summed E-state index contributed by atoms with van der Waals surface area (Å²) in [6, 6.07) is 1.70. The highest BCUT2D eigenvalue weighted by molar-refractivity contribution is 5.95. The van der Waals surface area contributed by atoms with Crippen LogP contribution in [0.5, 0.6) is 0 Å². The van der Waals surface area contributed by atoms with Crippen molar-refractivity contribution in [1.29, 1.82) is 0 Å². The molecule has 1 amide bonds. The predicted molar refractivity (Wildman–Crippen MR) is 59.2 cm³/mol. The molecule has 2 N–H and O–H groups in total. The first-order chi connectivity index (χ1) is 7.70. The number of aliphatic hydroxyl groups is 1. The molecule has 1 aromatic rings. The van der Waals surface area contributed by atoms with Gasteiger partial charge < -0.3 is 14.8 Å². The van der Waals surface area contributed by atoms with Crippen molar-refractivity contribution in [3.63, 3.8) is 0 Å². The third-order valence-electron chi connectivity index (χ3n) is 3.07. The maximum absolute atomic E-state index is 11.8. The predicted octanol–water partition coefficient (Wildman–Crippen LogP) is 1.34. The number of hydrogen-bond donors (Lipinski definition) is 2. The van der Waals surface area contributed by atoms with Crippen LogP contribution in [0.2, 0.25) is 0 Å². The zero-order chi connectivity index (χ0) is 11.5. The number of aliphatic hydroxyl groups excluding tert-OH is 1. The fourth-order valence-electron chi connectivity index (χ4n) is 2.02. The topological polar surface area (TPSA) is 62.5 Å². The van der Waals surface area contributed by atoms with E-state index in [0.717, 1.165) is 25.0 Å². The van der Waals surface area contributed by atoms with Gasteiger partial charge in [-0.2, -0.15) is 0 Å². The lowest BCUT2D eigenvalue weighted by molar-refractivity contribution is 0.0420. The lowest BCUT2D eigenvalue weighted by atomic mass is 9.82. The van der Waals surface area contributed by atoms with E-state index in [0.29, 0.717) is 18.0 Å². The smallest absolute Gasteiger partial charge is 0.254 e. The molecule has 0 saturated heterocycles. The van der Waals surface area contributed by atoms with Crippen LogP contribution in [0, 0.1) is 5.92 Å². The van der Waals surface area contributed by atoms with E-state index in [1.54, 1.807) is 12.3 Å². The molecule has 4 nitrogen and oxygen atoms in total. The molecule has 1 fully saturated rings. The van der Waals surface area contributed by atoms with E-state index in [2.05, 4.69) is 5.32 Å². The molecule has 1 saturated carbocycles.